The number of hydrogen-bond acceptors (Lipinski definition) is 4. The average molecular weight is 274 g/mol. The first kappa shape index (κ1) is 11.9. The highest BCUT2D eigenvalue weighted by molar-refractivity contribution is 7.13. The fraction of sp³-hybridized carbons (Fsp3) is 0.154. The van der Waals surface area contributed by atoms with Gasteiger partial charge in [0.25, 0.3) is 0 Å². The van der Waals surface area contributed by atoms with Gasteiger partial charge < -0.3 is 10.4 Å². The third-order valence-corrected chi connectivity index (χ3v) is 3.80. The van der Waals surface area contributed by atoms with Crippen molar-refractivity contribution in [2.75, 3.05) is 5.32 Å². The lowest BCUT2D eigenvalue weighted by Crippen LogP contribution is -2.03. The summed E-state index contributed by atoms with van der Waals surface area (Å²) in [5, 5.41) is 14.0. The lowest BCUT2D eigenvalue weighted by Gasteiger charge is -2.00. The van der Waals surface area contributed by atoms with Crippen molar-refractivity contribution in [2.24, 2.45) is 0 Å². The molecular weight excluding hydrogens is 264 g/mol. The molecule has 0 fully saturated rings. The number of carbonyl (C=O) groups excluding carboxylic acids is 1. The number of amides is 1. The quantitative estimate of drug-likeness (QED) is 0.896. The molecule has 19 heavy (non-hydrogen) atoms. The topological polar surface area (TPSA) is 79.3 Å². The standard InChI is InChI=1S/C13H10N2O3S/c16-11-4-8-3-7(1-2-10(8)15-11)13-14-9(6-19-13)5-12(17)18/h1-3,6H,4-5H2,(H,15,16)(H,17,18). The summed E-state index contributed by atoms with van der Waals surface area (Å²) in [4.78, 5) is 26.2. The van der Waals surface area contributed by atoms with Gasteiger partial charge in [0.1, 0.15) is 5.01 Å². The van der Waals surface area contributed by atoms with Gasteiger partial charge in [0.2, 0.25) is 5.91 Å². The highest BCUT2D eigenvalue weighted by Gasteiger charge is 2.18. The van der Waals surface area contributed by atoms with Gasteiger partial charge in [-0.25, -0.2) is 4.98 Å². The molecule has 2 heterocycles. The van der Waals surface area contributed by atoms with E-state index in [0.717, 1.165) is 21.8 Å². The van der Waals surface area contributed by atoms with E-state index in [1.165, 1.54) is 11.3 Å². The van der Waals surface area contributed by atoms with Gasteiger partial charge in [0, 0.05) is 16.6 Å². The molecule has 0 aliphatic carbocycles. The highest BCUT2D eigenvalue weighted by Crippen LogP contribution is 2.30. The third kappa shape index (κ3) is 2.34. The number of nitrogens with one attached hydrogen (secondary N) is 1. The van der Waals surface area contributed by atoms with Crippen molar-refractivity contribution < 1.29 is 14.7 Å². The summed E-state index contributed by atoms with van der Waals surface area (Å²) in [6.07, 6.45) is 0.317. The van der Waals surface area contributed by atoms with E-state index >= 15 is 0 Å². The molecule has 1 aromatic carbocycles. The van der Waals surface area contributed by atoms with Crippen LogP contribution < -0.4 is 5.32 Å². The minimum atomic E-state index is -0.888. The van der Waals surface area contributed by atoms with Crippen LogP contribution in [-0.4, -0.2) is 22.0 Å². The summed E-state index contributed by atoms with van der Waals surface area (Å²) >= 11 is 1.41. The summed E-state index contributed by atoms with van der Waals surface area (Å²) in [6.45, 7) is 0. The Kier molecular flexibility index (Phi) is 2.79. The molecule has 1 aliphatic heterocycles. The van der Waals surface area contributed by atoms with E-state index in [2.05, 4.69) is 10.3 Å². The van der Waals surface area contributed by atoms with Crippen LogP contribution >= 0.6 is 11.3 Å². The number of nitrogens with zero attached hydrogens (tertiary/aromatic N) is 1. The molecule has 0 saturated carbocycles. The zero-order valence-electron chi connectivity index (χ0n) is 9.84. The van der Waals surface area contributed by atoms with Crippen molar-refractivity contribution in [3.63, 3.8) is 0 Å². The fourth-order valence-corrected chi connectivity index (χ4v) is 2.85. The van der Waals surface area contributed by atoms with E-state index in [9.17, 15) is 9.59 Å². The summed E-state index contributed by atoms with van der Waals surface area (Å²) in [6, 6.07) is 5.66. The van der Waals surface area contributed by atoms with Crippen molar-refractivity contribution in [2.45, 2.75) is 12.8 Å². The monoisotopic (exact) mass is 274 g/mol. The molecule has 0 atom stereocenters. The molecular formula is C13H10N2O3S. The smallest absolute Gasteiger partial charge is 0.309 e. The fourth-order valence-electron chi connectivity index (χ4n) is 2.04. The zero-order valence-corrected chi connectivity index (χ0v) is 10.7. The lowest BCUT2D eigenvalue weighted by molar-refractivity contribution is -0.136. The number of carboxylic acids is 1. The number of fused-ring (bicyclic) bond motifs is 1. The van der Waals surface area contributed by atoms with Gasteiger partial charge in [-0.2, -0.15) is 0 Å². The first-order chi connectivity index (χ1) is 9.11. The molecule has 3 rings (SSSR count). The second-order valence-electron chi connectivity index (χ2n) is 4.31. The van der Waals surface area contributed by atoms with E-state index in [4.69, 9.17) is 5.11 Å². The number of anilines is 1. The number of carbonyl (C=O) groups is 2. The van der Waals surface area contributed by atoms with Crippen molar-refractivity contribution in [1.82, 2.24) is 4.98 Å². The number of hydrogen-bond donors (Lipinski definition) is 2. The predicted octanol–water partition coefficient (Wildman–Crippen LogP) is 1.93. The number of carboxylic acid groups (broad SMARTS) is 1. The van der Waals surface area contributed by atoms with E-state index in [1.807, 2.05) is 18.2 Å². The largest absolute Gasteiger partial charge is 0.481 e. The van der Waals surface area contributed by atoms with Crippen LogP contribution in [-0.2, 0) is 22.4 Å². The second-order valence-corrected chi connectivity index (χ2v) is 5.17. The van der Waals surface area contributed by atoms with Crippen molar-refractivity contribution in [3.8, 4) is 10.6 Å². The Bertz CT molecular complexity index is 678. The van der Waals surface area contributed by atoms with Crippen molar-refractivity contribution in [3.05, 3.63) is 34.8 Å². The molecule has 0 bridgehead atoms. The SMILES string of the molecule is O=C(O)Cc1csc(-c2ccc3c(c2)CC(=O)N3)n1. The molecule has 1 aromatic heterocycles. The van der Waals surface area contributed by atoms with Crippen LogP contribution in [0.15, 0.2) is 23.6 Å². The molecule has 0 unspecified atom stereocenters. The summed E-state index contributed by atoms with van der Waals surface area (Å²) < 4.78 is 0. The molecule has 6 heteroatoms. The van der Waals surface area contributed by atoms with Gasteiger partial charge in [-0.3, -0.25) is 9.59 Å². The molecule has 96 valence electrons. The van der Waals surface area contributed by atoms with E-state index in [0.29, 0.717) is 12.1 Å². The van der Waals surface area contributed by atoms with Gasteiger partial charge in [0.15, 0.2) is 0 Å². The zero-order chi connectivity index (χ0) is 13.4. The van der Waals surface area contributed by atoms with Crippen LogP contribution in [0.1, 0.15) is 11.3 Å². The van der Waals surface area contributed by atoms with Crippen LogP contribution in [0.25, 0.3) is 10.6 Å². The molecule has 0 spiro atoms. The molecule has 2 aromatic rings. The van der Waals surface area contributed by atoms with Gasteiger partial charge in [-0.05, 0) is 23.8 Å². The maximum absolute atomic E-state index is 11.3. The Labute approximate surface area is 112 Å². The number of aromatic nitrogens is 1. The predicted molar refractivity (Wildman–Crippen MR) is 71.2 cm³/mol. The van der Waals surface area contributed by atoms with Crippen LogP contribution in [0.2, 0.25) is 0 Å². The van der Waals surface area contributed by atoms with Gasteiger partial charge in [-0.1, -0.05) is 0 Å². The minimum Gasteiger partial charge on any atom is -0.481 e. The van der Waals surface area contributed by atoms with Crippen LogP contribution in [0.4, 0.5) is 5.69 Å². The molecule has 1 amide bonds. The van der Waals surface area contributed by atoms with Crippen LogP contribution in [0.5, 0.6) is 0 Å². The minimum absolute atomic E-state index is 0.00199. The number of benzene rings is 1. The average Bonchev–Trinajstić information content (AvgIpc) is 2.92. The number of thiazole rings is 1. The van der Waals surface area contributed by atoms with Crippen LogP contribution in [0, 0.1) is 0 Å². The van der Waals surface area contributed by atoms with Gasteiger partial charge in [0.05, 0.1) is 18.5 Å². The van der Waals surface area contributed by atoms with Crippen molar-refractivity contribution in [1.29, 1.82) is 0 Å². The van der Waals surface area contributed by atoms with Gasteiger partial charge in [-0.15, -0.1) is 11.3 Å². The molecule has 1 aliphatic rings. The Hall–Kier alpha value is -2.21. The maximum atomic E-state index is 11.3. The molecule has 0 saturated heterocycles. The number of rotatable bonds is 3. The lowest BCUT2D eigenvalue weighted by atomic mass is 10.1. The van der Waals surface area contributed by atoms with E-state index < -0.39 is 5.97 Å². The second kappa shape index (κ2) is 4.47. The van der Waals surface area contributed by atoms with Crippen LogP contribution in [0.3, 0.4) is 0 Å². The third-order valence-electron chi connectivity index (χ3n) is 2.86. The normalized spacial score (nSPS) is 13.2. The summed E-state index contributed by atoms with van der Waals surface area (Å²) in [5.41, 5.74) is 3.27. The maximum Gasteiger partial charge on any atom is 0.309 e. The summed E-state index contributed by atoms with van der Waals surface area (Å²) in [7, 11) is 0. The van der Waals surface area contributed by atoms with E-state index in [1.54, 1.807) is 5.38 Å². The van der Waals surface area contributed by atoms with Gasteiger partial charge >= 0.3 is 5.97 Å². The Morgan fingerprint density at radius 3 is 3.11 bits per heavy atom. The Balaban J connectivity index is 1.90. The molecule has 5 nitrogen and oxygen atoms in total. The number of aliphatic carboxylic acids is 1. The first-order valence-corrected chi connectivity index (χ1v) is 6.59. The summed E-state index contributed by atoms with van der Waals surface area (Å²) in [5.74, 6) is -0.890. The molecule has 0 radical (unpaired) electrons. The van der Waals surface area contributed by atoms with Crippen molar-refractivity contribution >= 4 is 28.9 Å². The van der Waals surface area contributed by atoms with E-state index in [-0.39, 0.29) is 12.3 Å². The Morgan fingerprint density at radius 1 is 1.47 bits per heavy atom. The highest BCUT2D eigenvalue weighted by atomic mass is 32.1. The Morgan fingerprint density at radius 2 is 2.32 bits per heavy atom. The molecule has 2 N–H and O–H groups in total. The first-order valence-electron chi connectivity index (χ1n) is 5.71.